The van der Waals surface area contributed by atoms with Gasteiger partial charge in [-0.3, -0.25) is 0 Å². The number of hydrogen-bond donors (Lipinski definition) is 1. The summed E-state index contributed by atoms with van der Waals surface area (Å²) in [5, 5.41) is 14.6. The van der Waals surface area contributed by atoms with E-state index in [2.05, 4.69) is 16.8 Å². The summed E-state index contributed by atoms with van der Waals surface area (Å²) in [7, 11) is 0. The van der Waals surface area contributed by atoms with E-state index in [1.165, 1.54) is 4.52 Å². The number of hydrogen-bond acceptors (Lipinski definition) is 5. The van der Waals surface area contributed by atoms with Crippen LogP contribution in [0, 0.1) is 0 Å². The first kappa shape index (κ1) is 16.3. The van der Waals surface area contributed by atoms with Gasteiger partial charge in [0.15, 0.2) is 17.2 Å². The Morgan fingerprint density at radius 1 is 1.33 bits per heavy atom. The summed E-state index contributed by atoms with van der Waals surface area (Å²) >= 11 is 0. The normalized spacial score (nSPS) is 21.3. The molecule has 5 rings (SSSR count). The summed E-state index contributed by atoms with van der Waals surface area (Å²) < 4.78 is 7.18. The molecule has 7 nitrogen and oxygen atoms in total. The van der Waals surface area contributed by atoms with Gasteiger partial charge in [0.1, 0.15) is 5.69 Å². The fourth-order valence-corrected chi connectivity index (χ4v) is 4.15. The van der Waals surface area contributed by atoms with Crippen molar-refractivity contribution < 1.29 is 14.6 Å². The molecule has 138 valence electrons. The molecule has 1 N–H and O–H groups in total. The first-order valence-electron chi connectivity index (χ1n) is 9.25. The molecule has 0 radical (unpaired) electrons. The van der Waals surface area contributed by atoms with E-state index in [4.69, 9.17) is 9.84 Å². The zero-order valence-electron chi connectivity index (χ0n) is 15.0. The molecule has 2 atom stereocenters. The molecule has 0 saturated carbocycles. The predicted molar refractivity (Wildman–Crippen MR) is 100 cm³/mol. The second-order valence-electron chi connectivity index (χ2n) is 7.09. The average Bonchev–Trinajstić information content (AvgIpc) is 3.40. The number of carbonyl (C=O) groups is 1. The number of fused-ring (bicyclic) bond motifs is 3. The van der Waals surface area contributed by atoms with Crippen molar-refractivity contribution in [1.82, 2.24) is 14.6 Å². The van der Waals surface area contributed by atoms with Crippen molar-refractivity contribution in [1.29, 1.82) is 0 Å². The lowest BCUT2D eigenvalue weighted by Crippen LogP contribution is -2.38. The van der Waals surface area contributed by atoms with E-state index in [-0.39, 0.29) is 11.8 Å². The number of benzene rings is 1. The van der Waals surface area contributed by atoms with Crippen LogP contribution in [0.15, 0.2) is 36.4 Å². The van der Waals surface area contributed by atoms with Crippen LogP contribution >= 0.6 is 0 Å². The quantitative estimate of drug-likeness (QED) is 0.767. The highest BCUT2D eigenvalue weighted by Crippen LogP contribution is 2.34. The van der Waals surface area contributed by atoms with E-state index in [0.29, 0.717) is 24.0 Å². The lowest BCUT2D eigenvalue weighted by atomic mass is 10.1. The van der Waals surface area contributed by atoms with Crippen molar-refractivity contribution in [2.45, 2.75) is 31.9 Å². The smallest absolute Gasteiger partial charge is 0.356 e. The Labute approximate surface area is 156 Å². The third kappa shape index (κ3) is 2.49. The van der Waals surface area contributed by atoms with Crippen LogP contribution in [0.1, 0.15) is 29.4 Å². The number of ether oxygens (including phenoxy) is 1. The van der Waals surface area contributed by atoms with E-state index in [1.54, 1.807) is 0 Å². The van der Waals surface area contributed by atoms with E-state index in [0.717, 1.165) is 36.3 Å². The van der Waals surface area contributed by atoms with Gasteiger partial charge in [-0.25, -0.2) is 14.3 Å². The predicted octanol–water partition coefficient (Wildman–Crippen LogP) is 2.63. The summed E-state index contributed by atoms with van der Waals surface area (Å²) in [6.07, 6.45) is 2.07. The van der Waals surface area contributed by atoms with Gasteiger partial charge in [0, 0.05) is 12.1 Å². The van der Waals surface area contributed by atoms with Gasteiger partial charge in [-0.15, -0.1) is 5.10 Å². The van der Waals surface area contributed by atoms with Gasteiger partial charge in [-0.05, 0) is 24.5 Å². The monoisotopic (exact) mass is 364 g/mol. The summed E-state index contributed by atoms with van der Waals surface area (Å²) in [6, 6.07) is 11.7. The van der Waals surface area contributed by atoms with Crippen LogP contribution in [0.5, 0.6) is 0 Å². The maximum atomic E-state index is 12.1. The Kier molecular flexibility index (Phi) is 3.65. The van der Waals surface area contributed by atoms with Gasteiger partial charge in [0.25, 0.3) is 0 Å². The number of imidazole rings is 1. The van der Waals surface area contributed by atoms with Crippen LogP contribution in [-0.2, 0) is 11.2 Å². The fraction of sp³-hybridized carbons (Fsp3) is 0.350. The summed E-state index contributed by atoms with van der Waals surface area (Å²) in [4.78, 5) is 18.9. The second-order valence-corrected chi connectivity index (χ2v) is 7.09. The lowest BCUT2D eigenvalue weighted by molar-refractivity contribution is 0.0688. The van der Waals surface area contributed by atoms with Crippen LogP contribution in [0.4, 0.5) is 5.82 Å². The van der Waals surface area contributed by atoms with Crippen molar-refractivity contribution in [3.63, 3.8) is 0 Å². The van der Waals surface area contributed by atoms with E-state index >= 15 is 0 Å². The minimum absolute atomic E-state index is 0.0979. The fourth-order valence-electron chi connectivity index (χ4n) is 4.15. The highest BCUT2D eigenvalue weighted by molar-refractivity contribution is 5.94. The largest absolute Gasteiger partial charge is 0.476 e. The molecule has 2 saturated heterocycles. The molecule has 3 aromatic rings. The summed E-state index contributed by atoms with van der Waals surface area (Å²) in [5.74, 6) is -0.185. The molecular formula is C20H20N4O3. The zero-order chi connectivity index (χ0) is 18.5. The molecule has 4 heterocycles. The molecule has 0 aliphatic carbocycles. The van der Waals surface area contributed by atoms with Crippen LogP contribution < -0.4 is 4.90 Å². The Morgan fingerprint density at radius 2 is 2.15 bits per heavy atom. The van der Waals surface area contributed by atoms with Gasteiger partial charge in [0.2, 0.25) is 0 Å². The molecular weight excluding hydrogens is 344 g/mol. The van der Waals surface area contributed by atoms with Crippen molar-refractivity contribution in [3.8, 4) is 11.3 Å². The highest BCUT2D eigenvalue weighted by Gasteiger charge is 2.40. The standard InChI is InChI=1S/C20H20N4O3/c1-2-12-8-16-21-17(13-6-4-3-5-7-13)18(20(25)26)24(16)22-19(12)23-10-15-9-14(23)11-27-15/h3-8,14-15H,2,9-11H2,1H3,(H,25,26)/t14-,15-/m1/s1. The minimum Gasteiger partial charge on any atom is -0.476 e. The molecule has 2 fully saturated rings. The first-order valence-corrected chi connectivity index (χ1v) is 9.25. The molecule has 27 heavy (non-hydrogen) atoms. The molecule has 2 bridgehead atoms. The number of aromatic carboxylic acids is 1. The van der Waals surface area contributed by atoms with E-state index in [1.807, 2.05) is 36.4 Å². The number of aromatic nitrogens is 3. The number of aryl methyl sites for hydroxylation is 1. The Balaban J connectivity index is 1.72. The molecule has 0 amide bonds. The van der Waals surface area contributed by atoms with Gasteiger partial charge < -0.3 is 14.7 Å². The van der Waals surface area contributed by atoms with Crippen LogP contribution in [-0.4, -0.2) is 51.0 Å². The van der Waals surface area contributed by atoms with Gasteiger partial charge in [-0.1, -0.05) is 37.3 Å². The van der Waals surface area contributed by atoms with E-state index < -0.39 is 5.97 Å². The third-order valence-electron chi connectivity index (χ3n) is 5.47. The number of anilines is 1. The number of nitrogens with zero attached hydrogens (tertiary/aromatic N) is 4. The topological polar surface area (TPSA) is 80.0 Å². The van der Waals surface area contributed by atoms with Gasteiger partial charge in [-0.2, -0.15) is 0 Å². The van der Waals surface area contributed by atoms with Crippen molar-refractivity contribution >= 4 is 17.4 Å². The molecule has 1 aromatic carbocycles. The van der Waals surface area contributed by atoms with Crippen LogP contribution in [0.2, 0.25) is 0 Å². The number of morpholine rings is 1. The minimum atomic E-state index is -1.03. The van der Waals surface area contributed by atoms with Crippen molar-refractivity contribution in [2.75, 3.05) is 18.1 Å². The third-order valence-corrected chi connectivity index (χ3v) is 5.47. The highest BCUT2D eigenvalue weighted by atomic mass is 16.5. The summed E-state index contributed by atoms with van der Waals surface area (Å²) in [5.41, 5.74) is 2.96. The van der Waals surface area contributed by atoms with Crippen LogP contribution in [0.25, 0.3) is 16.9 Å². The molecule has 2 aromatic heterocycles. The Bertz CT molecular complexity index is 1030. The number of carboxylic acids is 1. The first-order chi connectivity index (χ1) is 13.2. The Hall–Kier alpha value is -2.93. The number of rotatable bonds is 4. The van der Waals surface area contributed by atoms with Gasteiger partial charge in [0.05, 0.1) is 18.8 Å². The van der Waals surface area contributed by atoms with Crippen molar-refractivity contribution in [3.05, 3.63) is 47.7 Å². The van der Waals surface area contributed by atoms with Crippen LogP contribution in [0.3, 0.4) is 0 Å². The van der Waals surface area contributed by atoms with Crippen molar-refractivity contribution in [2.24, 2.45) is 0 Å². The molecule has 0 spiro atoms. The van der Waals surface area contributed by atoms with E-state index in [9.17, 15) is 9.90 Å². The molecule has 2 aliphatic heterocycles. The number of carboxylic acid groups (broad SMARTS) is 1. The second kappa shape index (κ2) is 6.06. The molecule has 2 aliphatic rings. The maximum absolute atomic E-state index is 12.1. The Morgan fingerprint density at radius 3 is 2.78 bits per heavy atom. The molecule has 7 heteroatoms. The SMILES string of the molecule is CCc1cc2nc(-c3ccccc3)c(C(=O)O)n2nc1N1C[C@H]2C[C@@H]1CO2. The lowest BCUT2D eigenvalue weighted by Gasteiger charge is -2.29. The summed E-state index contributed by atoms with van der Waals surface area (Å²) in [6.45, 7) is 3.60. The maximum Gasteiger partial charge on any atom is 0.356 e. The van der Waals surface area contributed by atoms with Gasteiger partial charge >= 0.3 is 5.97 Å². The zero-order valence-corrected chi connectivity index (χ0v) is 15.0. The molecule has 0 unspecified atom stereocenters. The average molecular weight is 364 g/mol.